The van der Waals surface area contributed by atoms with Crippen LogP contribution in [-0.4, -0.2) is 29.1 Å². The third-order valence-corrected chi connectivity index (χ3v) is 6.05. The van der Waals surface area contributed by atoms with Crippen molar-refractivity contribution in [2.45, 2.75) is 12.5 Å². The van der Waals surface area contributed by atoms with Gasteiger partial charge in [-0.3, -0.25) is 9.59 Å². The lowest BCUT2D eigenvalue weighted by Crippen LogP contribution is -2.32. The molecule has 4 aromatic carbocycles. The van der Waals surface area contributed by atoms with Crippen molar-refractivity contribution >= 4 is 34.0 Å². The van der Waals surface area contributed by atoms with Crippen LogP contribution in [0.2, 0.25) is 0 Å². The number of fused-ring (bicyclic) bond motifs is 1. The first-order valence-corrected chi connectivity index (χ1v) is 11.2. The Morgan fingerprint density at radius 2 is 1.59 bits per heavy atom. The van der Waals surface area contributed by atoms with E-state index in [1.807, 2.05) is 42.5 Å². The summed E-state index contributed by atoms with van der Waals surface area (Å²) in [7, 11) is 0. The fraction of sp³-hybridized carbons (Fsp3) is 0.107. The number of anilines is 1. The summed E-state index contributed by atoms with van der Waals surface area (Å²) in [5.41, 5.74) is 9.40. The van der Waals surface area contributed by atoms with Crippen molar-refractivity contribution in [3.63, 3.8) is 0 Å². The lowest BCUT2D eigenvalue weighted by atomic mass is 9.97. The Labute approximate surface area is 197 Å². The molecule has 0 spiro atoms. The van der Waals surface area contributed by atoms with Crippen LogP contribution in [0, 0.1) is 0 Å². The van der Waals surface area contributed by atoms with Gasteiger partial charge in [0.15, 0.2) is 0 Å². The normalized spacial score (nSPS) is 15.2. The van der Waals surface area contributed by atoms with Gasteiger partial charge in [0.05, 0.1) is 18.3 Å². The first kappa shape index (κ1) is 21.4. The van der Waals surface area contributed by atoms with Crippen LogP contribution in [0.1, 0.15) is 33.9 Å². The number of carbonyl (C=O) groups excluding carboxylic acids is 2. The molecule has 1 aliphatic rings. The molecule has 3 N–H and O–H groups in total. The Bertz CT molecular complexity index is 1380. The summed E-state index contributed by atoms with van der Waals surface area (Å²) in [6.45, 7) is 0.0771. The van der Waals surface area contributed by atoms with Crippen molar-refractivity contribution in [1.29, 1.82) is 0 Å². The van der Waals surface area contributed by atoms with Crippen LogP contribution < -0.4 is 11.1 Å². The molecule has 0 aliphatic carbocycles. The molecule has 4 aromatic rings. The van der Waals surface area contributed by atoms with Crippen LogP contribution in [0.4, 0.5) is 5.69 Å². The van der Waals surface area contributed by atoms with E-state index in [0.717, 1.165) is 27.9 Å². The molecule has 0 bridgehead atoms. The molecule has 6 nitrogen and oxygen atoms in total. The second-order valence-electron chi connectivity index (χ2n) is 8.27. The van der Waals surface area contributed by atoms with Gasteiger partial charge < -0.3 is 11.1 Å². The molecule has 0 aromatic heterocycles. The van der Waals surface area contributed by atoms with Crippen molar-refractivity contribution in [2.75, 3.05) is 11.9 Å². The SMILES string of the molecule is NC(=O)c1ccc(NCC(=O)N2N=C(c3ccc4ccccc4c3)CC2c2ccccc2)cc1. The van der Waals surface area contributed by atoms with Gasteiger partial charge in [-0.2, -0.15) is 5.10 Å². The molecule has 1 aliphatic heterocycles. The van der Waals surface area contributed by atoms with E-state index in [2.05, 4.69) is 35.6 Å². The van der Waals surface area contributed by atoms with Crippen LogP contribution in [0.3, 0.4) is 0 Å². The number of primary amides is 1. The van der Waals surface area contributed by atoms with E-state index < -0.39 is 5.91 Å². The van der Waals surface area contributed by atoms with Crippen LogP contribution in [0.15, 0.2) is 102 Å². The molecule has 6 heteroatoms. The summed E-state index contributed by atoms with van der Waals surface area (Å²) in [5, 5.41) is 11.8. The van der Waals surface area contributed by atoms with Gasteiger partial charge in [-0.15, -0.1) is 0 Å². The highest BCUT2D eigenvalue weighted by Crippen LogP contribution is 2.33. The molecule has 0 fully saturated rings. The topological polar surface area (TPSA) is 87.8 Å². The van der Waals surface area contributed by atoms with E-state index >= 15 is 0 Å². The highest BCUT2D eigenvalue weighted by Gasteiger charge is 2.32. The fourth-order valence-electron chi connectivity index (χ4n) is 4.23. The molecule has 0 saturated carbocycles. The fourth-order valence-corrected chi connectivity index (χ4v) is 4.23. The van der Waals surface area contributed by atoms with Crippen molar-refractivity contribution in [3.05, 3.63) is 114 Å². The second kappa shape index (κ2) is 9.19. The number of hydrazone groups is 1. The van der Waals surface area contributed by atoms with E-state index in [-0.39, 0.29) is 18.5 Å². The maximum Gasteiger partial charge on any atom is 0.262 e. The molecule has 5 rings (SSSR count). The average molecular weight is 449 g/mol. The molecule has 2 amide bonds. The predicted octanol–water partition coefficient (Wildman–Crippen LogP) is 4.73. The molecule has 0 saturated heterocycles. The lowest BCUT2D eigenvalue weighted by molar-refractivity contribution is -0.131. The standard InChI is InChI=1S/C28H24N4O2/c29-28(34)21-12-14-24(15-13-21)30-18-27(33)32-26(20-7-2-1-3-8-20)17-25(31-32)23-11-10-19-6-4-5-9-22(19)16-23/h1-16,26,30H,17-18H2,(H2,29,34). The number of benzene rings is 4. The zero-order chi connectivity index (χ0) is 23.5. The highest BCUT2D eigenvalue weighted by molar-refractivity contribution is 6.05. The number of nitrogens with one attached hydrogen (secondary N) is 1. The van der Waals surface area contributed by atoms with E-state index in [9.17, 15) is 9.59 Å². The first-order valence-electron chi connectivity index (χ1n) is 11.2. The quantitative estimate of drug-likeness (QED) is 0.447. The number of amides is 2. The highest BCUT2D eigenvalue weighted by atomic mass is 16.2. The van der Waals surface area contributed by atoms with Gasteiger partial charge in [-0.05, 0) is 52.2 Å². The molecule has 1 heterocycles. The Morgan fingerprint density at radius 3 is 2.32 bits per heavy atom. The number of carbonyl (C=O) groups is 2. The van der Waals surface area contributed by atoms with Gasteiger partial charge in [0.1, 0.15) is 0 Å². The minimum Gasteiger partial charge on any atom is -0.376 e. The molecule has 1 atom stereocenters. The second-order valence-corrected chi connectivity index (χ2v) is 8.27. The summed E-state index contributed by atoms with van der Waals surface area (Å²) in [5.74, 6) is -0.621. The molecular weight excluding hydrogens is 424 g/mol. The number of rotatable bonds is 6. The van der Waals surface area contributed by atoms with Crippen molar-refractivity contribution < 1.29 is 9.59 Å². The van der Waals surface area contributed by atoms with Gasteiger partial charge in [0.25, 0.3) is 5.91 Å². The maximum absolute atomic E-state index is 13.2. The number of nitrogens with two attached hydrogens (primary N) is 1. The van der Waals surface area contributed by atoms with Gasteiger partial charge in [0, 0.05) is 17.7 Å². The third kappa shape index (κ3) is 4.38. The van der Waals surface area contributed by atoms with Crippen molar-refractivity contribution in [2.24, 2.45) is 10.8 Å². The monoisotopic (exact) mass is 448 g/mol. The van der Waals surface area contributed by atoms with Crippen molar-refractivity contribution in [1.82, 2.24) is 5.01 Å². The Kier molecular flexibility index (Phi) is 5.79. The van der Waals surface area contributed by atoms with Crippen molar-refractivity contribution in [3.8, 4) is 0 Å². The summed E-state index contributed by atoms with van der Waals surface area (Å²) in [4.78, 5) is 24.5. The van der Waals surface area contributed by atoms with Gasteiger partial charge in [-0.25, -0.2) is 5.01 Å². The Morgan fingerprint density at radius 1 is 0.882 bits per heavy atom. The minimum absolute atomic E-state index is 0.0771. The largest absolute Gasteiger partial charge is 0.376 e. The van der Waals surface area contributed by atoms with Crippen LogP contribution >= 0.6 is 0 Å². The summed E-state index contributed by atoms with van der Waals surface area (Å²) >= 11 is 0. The van der Waals surface area contributed by atoms with Crippen LogP contribution in [-0.2, 0) is 4.79 Å². The van der Waals surface area contributed by atoms with E-state index in [1.165, 1.54) is 5.39 Å². The molecular formula is C28H24N4O2. The average Bonchev–Trinajstić information content (AvgIpc) is 3.33. The van der Waals surface area contributed by atoms with Crippen LogP contribution in [0.5, 0.6) is 0 Å². The predicted molar refractivity (Wildman–Crippen MR) is 135 cm³/mol. The van der Waals surface area contributed by atoms with Crippen LogP contribution in [0.25, 0.3) is 10.8 Å². The first-order chi connectivity index (χ1) is 16.6. The summed E-state index contributed by atoms with van der Waals surface area (Å²) in [6.07, 6.45) is 0.640. The molecule has 1 unspecified atom stereocenters. The van der Waals surface area contributed by atoms with Gasteiger partial charge in [-0.1, -0.05) is 66.7 Å². The maximum atomic E-state index is 13.2. The summed E-state index contributed by atoms with van der Waals surface area (Å²) < 4.78 is 0. The molecule has 168 valence electrons. The lowest BCUT2D eigenvalue weighted by Gasteiger charge is -2.22. The number of hydrogen-bond acceptors (Lipinski definition) is 4. The Balaban J connectivity index is 1.39. The summed E-state index contributed by atoms with van der Waals surface area (Å²) in [6, 6.07) is 31.0. The van der Waals surface area contributed by atoms with E-state index in [1.54, 1.807) is 29.3 Å². The zero-order valence-electron chi connectivity index (χ0n) is 18.5. The molecule has 0 radical (unpaired) electrons. The van der Waals surface area contributed by atoms with E-state index in [0.29, 0.717) is 12.0 Å². The minimum atomic E-state index is -0.485. The van der Waals surface area contributed by atoms with E-state index in [4.69, 9.17) is 10.8 Å². The smallest absolute Gasteiger partial charge is 0.262 e. The molecule has 34 heavy (non-hydrogen) atoms. The zero-order valence-corrected chi connectivity index (χ0v) is 18.5. The number of nitrogens with zero attached hydrogens (tertiary/aromatic N) is 2. The third-order valence-electron chi connectivity index (χ3n) is 6.05. The van der Waals surface area contributed by atoms with Gasteiger partial charge >= 0.3 is 0 Å². The Hall–Kier alpha value is -4.45. The number of hydrogen-bond donors (Lipinski definition) is 2. The van der Waals surface area contributed by atoms with Gasteiger partial charge in [0.2, 0.25) is 5.91 Å².